The monoisotopic (exact) mass is 358 g/mol. The zero-order valence-electron chi connectivity index (χ0n) is 14.2. The van der Waals surface area contributed by atoms with E-state index in [1.54, 1.807) is 24.3 Å². The molecule has 7 heteroatoms. The fraction of sp³-hybridized carbons (Fsp3) is 0.211. The number of halogens is 2. The molecule has 1 heterocycles. The second kappa shape index (κ2) is 6.33. The molecule has 3 rings (SSSR count). The number of carbonyl (C=O) groups excluding carboxylic acids is 3. The van der Waals surface area contributed by atoms with E-state index in [9.17, 15) is 23.2 Å². The molecule has 0 spiro atoms. The zero-order valence-corrected chi connectivity index (χ0v) is 14.2. The Labute approximate surface area is 148 Å². The van der Waals surface area contributed by atoms with E-state index >= 15 is 0 Å². The summed E-state index contributed by atoms with van der Waals surface area (Å²) in [5.74, 6) is -3.28. The highest BCUT2D eigenvalue weighted by Gasteiger charge is 2.49. The second-order valence-corrected chi connectivity index (χ2v) is 6.36. The molecule has 1 aliphatic rings. The topological polar surface area (TPSA) is 66.5 Å². The lowest BCUT2D eigenvalue weighted by Gasteiger charge is -2.22. The fourth-order valence-electron chi connectivity index (χ4n) is 2.82. The molecule has 3 amide bonds. The normalized spacial score (nSPS) is 19.6. The van der Waals surface area contributed by atoms with Crippen LogP contribution in [0.25, 0.3) is 0 Å². The number of hydrogen-bond donors (Lipinski definition) is 1. The lowest BCUT2D eigenvalue weighted by molar-refractivity contribution is -0.130. The highest BCUT2D eigenvalue weighted by atomic mass is 19.2. The molecule has 0 aliphatic carbocycles. The second-order valence-electron chi connectivity index (χ2n) is 6.36. The number of hydrogen-bond acceptors (Lipinski definition) is 3. The van der Waals surface area contributed by atoms with Gasteiger partial charge in [0, 0.05) is 5.56 Å². The maximum Gasteiger partial charge on any atom is 0.325 e. The van der Waals surface area contributed by atoms with Gasteiger partial charge < -0.3 is 5.32 Å². The molecule has 5 nitrogen and oxygen atoms in total. The molecule has 26 heavy (non-hydrogen) atoms. The van der Waals surface area contributed by atoms with Gasteiger partial charge in [0.15, 0.2) is 17.4 Å². The third-order valence-corrected chi connectivity index (χ3v) is 4.45. The lowest BCUT2D eigenvalue weighted by Crippen LogP contribution is -2.41. The van der Waals surface area contributed by atoms with Crippen molar-refractivity contribution in [3.05, 3.63) is 70.8 Å². The zero-order chi connectivity index (χ0) is 19.1. The molecular formula is C19H16F2N2O3. The molecular weight excluding hydrogens is 342 g/mol. The first-order valence-corrected chi connectivity index (χ1v) is 7.92. The Kier molecular flexibility index (Phi) is 4.31. The molecule has 0 aromatic heterocycles. The molecule has 1 aliphatic heterocycles. The molecule has 1 fully saturated rings. The molecule has 0 radical (unpaired) electrons. The van der Waals surface area contributed by atoms with Gasteiger partial charge in [0.1, 0.15) is 5.54 Å². The van der Waals surface area contributed by atoms with E-state index in [-0.39, 0.29) is 5.56 Å². The van der Waals surface area contributed by atoms with Crippen LogP contribution in [-0.2, 0) is 10.3 Å². The minimum atomic E-state index is -1.57. The summed E-state index contributed by atoms with van der Waals surface area (Å²) in [6.45, 7) is 2.82. The highest BCUT2D eigenvalue weighted by Crippen LogP contribution is 2.29. The number of rotatable bonds is 4. The standard InChI is InChI=1S/C19H16F2N2O3/c1-11-3-5-12(6-4-11)16(24)10-23-17(25)19(2,22-18(23)26)13-7-8-14(20)15(21)9-13/h3-9H,10H2,1-2H3,(H,22,26)/t19-/m0/s1. The van der Waals surface area contributed by atoms with E-state index in [1.165, 1.54) is 13.0 Å². The van der Waals surface area contributed by atoms with Gasteiger partial charge >= 0.3 is 6.03 Å². The SMILES string of the molecule is Cc1ccc(C(=O)CN2C(=O)N[C@@](C)(c3ccc(F)c(F)c3)C2=O)cc1. The Bertz CT molecular complexity index is 912. The number of nitrogens with one attached hydrogen (secondary N) is 1. The smallest absolute Gasteiger partial charge is 0.319 e. The number of ketones is 1. The summed E-state index contributed by atoms with van der Waals surface area (Å²) in [4.78, 5) is 38.1. The van der Waals surface area contributed by atoms with Gasteiger partial charge in [-0.05, 0) is 31.5 Å². The predicted octanol–water partition coefficient (Wildman–Crippen LogP) is 2.92. The van der Waals surface area contributed by atoms with E-state index < -0.39 is 41.4 Å². The van der Waals surface area contributed by atoms with Crippen molar-refractivity contribution in [1.29, 1.82) is 0 Å². The summed E-state index contributed by atoms with van der Waals surface area (Å²) < 4.78 is 26.7. The van der Waals surface area contributed by atoms with Crippen LogP contribution in [0.1, 0.15) is 28.4 Å². The van der Waals surface area contributed by atoms with Gasteiger partial charge in [-0.2, -0.15) is 0 Å². The molecule has 1 saturated heterocycles. The van der Waals surface area contributed by atoms with Gasteiger partial charge in [0.05, 0.1) is 6.54 Å². The molecule has 1 N–H and O–H groups in total. The van der Waals surface area contributed by atoms with E-state index in [1.807, 2.05) is 6.92 Å². The minimum absolute atomic E-state index is 0.0973. The van der Waals surface area contributed by atoms with Crippen molar-refractivity contribution in [1.82, 2.24) is 10.2 Å². The summed E-state index contributed by atoms with van der Waals surface area (Å²) in [7, 11) is 0. The van der Waals surface area contributed by atoms with Crippen LogP contribution in [0.3, 0.4) is 0 Å². The summed E-state index contributed by atoms with van der Waals surface area (Å²) >= 11 is 0. The minimum Gasteiger partial charge on any atom is -0.319 e. The van der Waals surface area contributed by atoms with E-state index in [2.05, 4.69) is 5.32 Å². The molecule has 1 atom stereocenters. The fourth-order valence-corrected chi connectivity index (χ4v) is 2.82. The molecule has 0 bridgehead atoms. The van der Waals surface area contributed by atoms with Crippen molar-refractivity contribution < 1.29 is 23.2 Å². The molecule has 0 unspecified atom stereocenters. The van der Waals surface area contributed by atoms with Crippen LogP contribution in [0.4, 0.5) is 13.6 Å². The number of aryl methyl sites for hydroxylation is 1. The number of urea groups is 1. The van der Waals surface area contributed by atoms with Gasteiger partial charge in [0.2, 0.25) is 0 Å². The number of nitrogens with zero attached hydrogens (tertiary/aromatic N) is 1. The van der Waals surface area contributed by atoms with Crippen molar-refractivity contribution >= 4 is 17.7 Å². The third kappa shape index (κ3) is 2.96. The highest BCUT2D eigenvalue weighted by molar-refractivity contribution is 6.11. The number of imide groups is 1. The van der Waals surface area contributed by atoms with Gasteiger partial charge in [0.25, 0.3) is 5.91 Å². The van der Waals surface area contributed by atoms with Crippen molar-refractivity contribution in [3.8, 4) is 0 Å². The van der Waals surface area contributed by atoms with Crippen LogP contribution >= 0.6 is 0 Å². The van der Waals surface area contributed by atoms with Crippen LogP contribution in [-0.4, -0.2) is 29.2 Å². The Morgan fingerprint density at radius 1 is 1.08 bits per heavy atom. The molecule has 134 valence electrons. The lowest BCUT2D eigenvalue weighted by atomic mass is 9.92. The van der Waals surface area contributed by atoms with Crippen molar-refractivity contribution in [2.45, 2.75) is 19.4 Å². The Balaban J connectivity index is 1.85. The Morgan fingerprint density at radius 2 is 1.73 bits per heavy atom. The van der Waals surface area contributed by atoms with Gasteiger partial charge in [-0.25, -0.2) is 13.6 Å². The average molecular weight is 358 g/mol. The predicted molar refractivity (Wildman–Crippen MR) is 89.5 cm³/mol. The first kappa shape index (κ1) is 17.7. The quantitative estimate of drug-likeness (QED) is 0.675. The average Bonchev–Trinajstić information content (AvgIpc) is 2.82. The summed E-state index contributed by atoms with van der Waals surface area (Å²) in [6, 6.07) is 8.95. The maximum atomic E-state index is 13.5. The van der Waals surface area contributed by atoms with Crippen LogP contribution in [0.2, 0.25) is 0 Å². The van der Waals surface area contributed by atoms with Crippen LogP contribution in [0.5, 0.6) is 0 Å². The molecule has 0 saturated carbocycles. The number of carbonyl (C=O) groups is 3. The van der Waals surface area contributed by atoms with Crippen molar-refractivity contribution in [2.75, 3.05) is 6.54 Å². The largest absolute Gasteiger partial charge is 0.325 e. The van der Waals surface area contributed by atoms with Crippen molar-refractivity contribution in [2.24, 2.45) is 0 Å². The molecule has 2 aromatic rings. The van der Waals surface area contributed by atoms with Crippen LogP contribution < -0.4 is 5.32 Å². The van der Waals surface area contributed by atoms with Gasteiger partial charge in [-0.1, -0.05) is 35.9 Å². The van der Waals surface area contributed by atoms with Crippen LogP contribution in [0, 0.1) is 18.6 Å². The first-order chi connectivity index (χ1) is 12.2. The maximum absolute atomic E-state index is 13.5. The third-order valence-electron chi connectivity index (χ3n) is 4.45. The summed E-state index contributed by atoms with van der Waals surface area (Å²) in [6.07, 6.45) is 0. The van der Waals surface area contributed by atoms with Gasteiger partial charge in [-0.15, -0.1) is 0 Å². The molecule has 2 aromatic carbocycles. The summed E-state index contributed by atoms with van der Waals surface area (Å²) in [5.41, 5.74) is -0.126. The first-order valence-electron chi connectivity index (χ1n) is 7.92. The van der Waals surface area contributed by atoms with E-state index in [0.29, 0.717) is 5.56 Å². The van der Waals surface area contributed by atoms with E-state index in [0.717, 1.165) is 22.6 Å². The van der Waals surface area contributed by atoms with Crippen molar-refractivity contribution in [3.63, 3.8) is 0 Å². The van der Waals surface area contributed by atoms with Crippen LogP contribution in [0.15, 0.2) is 42.5 Å². The number of amides is 3. The van der Waals surface area contributed by atoms with Gasteiger partial charge in [-0.3, -0.25) is 14.5 Å². The van der Waals surface area contributed by atoms with E-state index in [4.69, 9.17) is 0 Å². The Morgan fingerprint density at radius 3 is 2.35 bits per heavy atom. The number of Topliss-reactive ketones (excluding diaryl/α,β-unsaturated/α-hetero) is 1. The summed E-state index contributed by atoms with van der Waals surface area (Å²) in [5, 5.41) is 2.46. The Hall–Kier alpha value is -3.09. The number of benzene rings is 2.